The molecule has 0 aromatic heterocycles. The van der Waals surface area contributed by atoms with E-state index in [4.69, 9.17) is 5.53 Å². The summed E-state index contributed by atoms with van der Waals surface area (Å²) in [5.41, 5.74) is 11.8. The molecule has 0 saturated carbocycles. The summed E-state index contributed by atoms with van der Waals surface area (Å²) in [6.45, 7) is 5.55. The maximum absolute atomic E-state index is 6.58. The Morgan fingerprint density at radius 3 is 2.22 bits per heavy atom. The van der Waals surface area contributed by atoms with Gasteiger partial charge in [0.2, 0.25) is 0 Å². The smallest absolute Gasteiger partial charge is 0.113 e. The van der Waals surface area contributed by atoms with Crippen LogP contribution in [-0.4, -0.2) is 36.9 Å². The van der Waals surface area contributed by atoms with E-state index < -0.39 is 0 Å². The highest BCUT2D eigenvalue weighted by Gasteiger charge is 2.19. The van der Waals surface area contributed by atoms with E-state index in [2.05, 4.69) is 76.0 Å². The van der Waals surface area contributed by atoms with Gasteiger partial charge in [0, 0.05) is 19.1 Å². The van der Waals surface area contributed by atoms with E-state index in [1.54, 1.807) is 0 Å². The van der Waals surface area contributed by atoms with Crippen LogP contribution in [0, 0.1) is 5.53 Å². The first-order chi connectivity index (χ1) is 13.3. The summed E-state index contributed by atoms with van der Waals surface area (Å²) < 4.78 is 0. The van der Waals surface area contributed by atoms with E-state index in [1.165, 1.54) is 54.5 Å². The van der Waals surface area contributed by atoms with Crippen LogP contribution in [-0.2, 0) is 12.8 Å². The van der Waals surface area contributed by atoms with Gasteiger partial charge >= 0.3 is 0 Å². The van der Waals surface area contributed by atoms with Gasteiger partial charge < -0.3 is 10.2 Å². The van der Waals surface area contributed by atoms with Crippen LogP contribution in [0.15, 0.2) is 58.9 Å². The third-order valence-corrected chi connectivity index (χ3v) is 5.38. The number of rotatable bonds is 9. The first kappa shape index (κ1) is 19.2. The Morgan fingerprint density at radius 2 is 1.67 bits per heavy atom. The average molecular weight is 364 g/mol. The molecule has 5 nitrogen and oxygen atoms in total. The molecule has 2 N–H and O–H groups in total. The minimum Gasteiger partial charge on any atom is -0.374 e. The summed E-state index contributed by atoms with van der Waals surface area (Å²) >= 11 is 0. The Balaban J connectivity index is 1.50. The molecule has 1 fully saturated rings. The molecule has 1 atom stereocenters. The van der Waals surface area contributed by atoms with Crippen molar-refractivity contribution in [1.29, 1.82) is 5.53 Å². The predicted octanol–water partition coefficient (Wildman–Crippen LogP) is 4.49. The van der Waals surface area contributed by atoms with Crippen LogP contribution in [0.25, 0.3) is 11.1 Å². The number of likely N-dealkylation sites (tertiary alicyclic amines) is 1. The van der Waals surface area contributed by atoms with Crippen LogP contribution in [0.1, 0.15) is 30.9 Å². The van der Waals surface area contributed by atoms with Gasteiger partial charge in [-0.2, -0.15) is 5.53 Å². The molecular weight excluding hydrogens is 334 g/mol. The monoisotopic (exact) mass is 363 g/mol. The zero-order chi connectivity index (χ0) is 18.9. The van der Waals surface area contributed by atoms with Crippen LogP contribution in [0.4, 0.5) is 0 Å². The lowest BCUT2D eigenvalue weighted by molar-refractivity contribution is 0.272. The number of benzene rings is 2. The molecule has 5 heteroatoms. The Bertz CT molecular complexity index is 736. The highest BCUT2D eigenvalue weighted by atomic mass is 15.3. The Morgan fingerprint density at radius 1 is 1.04 bits per heavy atom. The molecule has 1 aliphatic heterocycles. The van der Waals surface area contributed by atoms with Crippen LogP contribution in [0.5, 0.6) is 0 Å². The van der Waals surface area contributed by atoms with Gasteiger partial charge in [-0.05, 0) is 61.4 Å². The molecule has 142 valence electrons. The van der Waals surface area contributed by atoms with Gasteiger partial charge in [-0.3, -0.25) is 0 Å². The summed E-state index contributed by atoms with van der Waals surface area (Å²) in [4.78, 5) is 2.61. The van der Waals surface area contributed by atoms with Gasteiger partial charge in [0.25, 0.3) is 0 Å². The molecule has 0 amide bonds. The molecule has 0 radical (unpaired) electrons. The fourth-order valence-electron chi connectivity index (χ4n) is 3.68. The largest absolute Gasteiger partial charge is 0.374 e. The van der Waals surface area contributed by atoms with Gasteiger partial charge in [-0.15, -0.1) is 5.10 Å². The first-order valence-corrected chi connectivity index (χ1v) is 9.80. The predicted molar refractivity (Wildman–Crippen MR) is 111 cm³/mol. The van der Waals surface area contributed by atoms with E-state index in [0.717, 1.165) is 25.4 Å². The second-order valence-corrected chi connectivity index (χ2v) is 7.22. The number of hydrogen-bond acceptors (Lipinski definition) is 3. The lowest BCUT2D eigenvalue weighted by atomic mass is 10.0. The molecular formula is C22H29N5. The van der Waals surface area contributed by atoms with Gasteiger partial charge in [0.05, 0.1) is 0 Å². The molecule has 1 saturated heterocycles. The van der Waals surface area contributed by atoms with Crippen LogP contribution >= 0.6 is 0 Å². The normalized spacial score (nSPS) is 17.4. The SMILES string of the molecule is C[C@@H]1CCCN1CCc1ccc(-c2ccc(CCN/C=N\N=N)cc2)cc1. The lowest BCUT2D eigenvalue weighted by Crippen LogP contribution is -2.28. The fourth-order valence-corrected chi connectivity index (χ4v) is 3.68. The van der Waals surface area contributed by atoms with Crippen molar-refractivity contribution in [2.45, 2.75) is 38.6 Å². The third kappa shape index (κ3) is 5.73. The van der Waals surface area contributed by atoms with Crippen molar-refractivity contribution in [3.05, 3.63) is 59.7 Å². The number of nitrogens with one attached hydrogen (secondary N) is 2. The van der Waals surface area contributed by atoms with Gasteiger partial charge in [-0.25, -0.2) is 0 Å². The first-order valence-electron chi connectivity index (χ1n) is 9.80. The highest BCUT2D eigenvalue weighted by Crippen LogP contribution is 2.22. The van der Waals surface area contributed by atoms with Crippen molar-refractivity contribution in [3.63, 3.8) is 0 Å². The Hall–Kier alpha value is -2.53. The van der Waals surface area contributed by atoms with Crippen molar-refractivity contribution in [1.82, 2.24) is 10.2 Å². The average Bonchev–Trinajstić information content (AvgIpc) is 3.12. The molecule has 3 rings (SSSR count). The van der Waals surface area contributed by atoms with E-state index >= 15 is 0 Å². The maximum Gasteiger partial charge on any atom is 0.113 e. The third-order valence-electron chi connectivity index (χ3n) is 5.38. The molecule has 0 bridgehead atoms. The van der Waals surface area contributed by atoms with Crippen LogP contribution < -0.4 is 5.32 Å². The number of hydrogen-bond donors (Lipinski definition) is 2. The summed E-state index contributed by atoms with van der Waals surface area (Å²) in [5.74, 6) is 0. The minimum atomic E-state index is 0.748. The Labute approximate surface area is 162 Å². The van der Waals surface area contributed by atoms with E-state index in [-0.39, 0.29) is 0 Å². The van der Waals surface area contributed by atoms with Crippen molar-refractivity contribution in [2.75, 3.05) is 19.6 Å². The molecule has 1 aliphatic rings. The standard InChI is InChI=1S/C22H29N5/c1-18-3-2-15-27(18)16-13-20-6-10-22(11-7-20)21-8-4-19(5-9-21)12-14-24-17-25-26-23/h4-11,17-18H,2-3,12-16H2,1H3,(H2,23,24,25)/t18-/m1/s1. The van der Waals surface area contributed by atoms with Crippen LogP contribution in [0.3, 0.4) is 0 Å². The van der Waals surface area contributed by atoms with E-state index in [9.17, 15) is 0 Å². The topological polar surface area (TPSA) is 63.8 Å². The van der Waals surface area contributed by atoms with E-state index in [0.29, 0.717) is 0 Å². The maximum atomic E-state index is 6.58. The molecule has 0 unspecified atom stereocenters. The zero-order valence-electron chi connectivity index (χ0n) is 16.1. The molecule has 0 aliphatic carbocycles. The summed E-state index contributed by atoms with van der Waals surface area (Å²) in [6.07, 6.45) is 6.19. The Kier molecular flexibility index (Phi) is 7.11. The minimum absolute atomic E-state index is 0.748. The quantitative estimate of drug-likeness (QED) is 0.227. The second-order valence-electron chi connectivity index (χ2n) is 7.22. The van der Waals surface area contributed by atoms with Crippen molar-refractivity contribution >= 4 is 6.34 Å². The molecule has 2 aromatic rings. The van der Waals surface area contributed by atoms with Gasteiger partial charge in [-0.1, -0.05) is 53.8 Å². The molecule has 0 spiro atoms. The number of nitrogens with zero attached hydrogens (tertiary/aromatic N) is 3. The van der Waals surface area contributed by atoms with E-state index in [1.807, 2.05) is 0 Å². The van der Waals surface area contributed by atoms with Crippen molar-refractivity contribution in [2.24, 2.45) is 10.3 Å². The summed E-state index contributed by atoms with van der Waals surface area (Å²) in [7, 11) is 0. The molecule has 2 aromatic carbocycles. The highest BCUT2D eigenvalue weighted by molar-refractivity contribution is 5.64. The van der Waals surface area contributed by atoms with Crippen molar-refractivity contribution in [3.8, 4) is 11.1 Å². The zero-order valence-corrected chi connectivity index (χ0v) is 16.1. The molecule has 27 heavy (non-hydrogen) atoms. The van der Waals surface area contributed by atoms with Crippen LogP contribution in [0.2, 0.25) is 0 Å². The van der Waals surface area contributed by atoms with Gasteiger partial charge in [0.1, 0.15) is 6.34 Å². The van der Waals surface area contributed by atoms with Crippen molar-refractivity contribution < 1.29 is 0 Å². The van der Waals surface area contributed by atoms with Gasteiger partial charge in [0.15, 0.2) is 0 Å². The summed E-state index contributed by atoms with van der Waals surface area (Å²) in [6, 6.07) is 18.5. The summed E-state index contributed by atoms with van der Waals surface area (Å²) in [5, 5.41) is 9.39. The lowest BCUT2D eigenvalue weighted by Gasteiger charge is -2.20. The molecule has 1 heterocycles. The second kappa shape index (κ2) is 9.97. The fraction of sp³-hybridized carbons (Fsp3) is 0.409.